The molecule has 3 aromatic carbocycles. The number of benzene rings is 3. The topological polar surface area (TPSA) is 79.3 Å². The molecule has 1 unspecified atom stereocenters. The number of aromatic nitrogens is 3. The van der Waals surface area contributed by atoms with E-state index in [1.165, 1.54) is 10.6 Å². The number of fused-ring (bicyclic) bond motifs is 2. The highest BCUT2D eigenvalue weighted by Crippen LogP contribution is 2.22. The first-order valence-corrected chi connectivity index (χ1v) is 10.5. The number of hydrogen-bond acceptors (Lipinski definition) is 3. The lowest BCUT2D eigenvalue weighted by Crippen LogP contribution is -2.27. The normalized spacial score (nSPS) is 12.2. The summed E-state index contributed by atoms with van der Waals surface area (Å²) in [6.07, 6.45) is 1.74. The molecule has 2 aromatic heterocycles. The Hall–Kier alpha value is -4.19. The van der Waals surface area contributed by atoms with Crippen LogP contribution >= 0.6 is 0 Å². The summed E-state index contributed by atoms with van der Waals surface area (Å²) in [6, 6.07) is 23.4. The second-order valence-electron chi connectivity index (χ2n) is 8.02. The summed E-state index contributed by atoms with van der Waals surface area (Å²) in [5.74, 6) is -0.326. The fourth-order valence-corrected chi connectivity index (χ4v) is 3.83. The Morgan fingerprint density at radius 2 is 1.75 bits per heavy atom. The van der Waals surface area contributed by atoms with E-state index in [4.69, 9.17) is 0 Å². The molecule has 2 N–H and O–H groups in total. The minimum Gasteiger partial charge on any atom is -0.344 e. The van der Waals surface area contributed by atoms with Crippen molar-refractivity contribution in [1.29, 1.82) is 0 Å². The molecule has 0 aliphatic heterocycles. The van der Waals surface area contributed by atoms with Crippen LogP contribution in [0.25, 0.3) is 27.5 Å². The quantitative estimate of drug-likeness (QED) is 0.443. The number of amides is 1. The average Bonchev–Trinajstić information content (AvgIpc) is 3.24. The Morgan fingerprint density at radius 1 is 1.00 bits per heavy atom. The summed E-state index contributed by atoms with van der Waals surface area (Å²) in [5.41, 5.74) is 3.90. The van der Waals surface area contributed by atoms with Gasteiger partial charge in [0.05, 0.1) is 17.9 Å². The van der Waals surface area contributed by atoms with Gasteiger partial charge < -0.3 is 10.3 Å². The monoisotopic (exact) mass is 422 g/mol. The van der Waals surface area contributed by atoms with Gasteiger partial charge in [0.25, 0.3) is 11.5 Å². The van der Waals surface area contributed by atoms with Gasteiger partial charge in [-0.3, -0.25) is 9.59 Å². The van der Waals surface area contributed by atoms with E-state index in [0.717, 1.165) is 27.5 Å². The lowest BCUT2D eigenvalue weighted by atomic mass is 10.1. The van der Waals surface area contributed by atoms with Crippen LogP contribution in [0.4, 0.5) is 0 Å². The summed E-state index contributed by atoms with van der Waals surface area (Å²) >= 11 is 0. The van der Waals surface area contributed by atoms with E-state index < -0.39 is 0 Å². The van der Waals surface area contributed by atoms with Gasteiger partial charge in [-0.15, -0.1) is 0 Å². The van der Waals surface area contributed by atoms with Crippen LogP contribution in [-0.2, 0) is 0 Å². The van der Waals surface area contributed by atoms with Gasteiger partial charge in [0.15, 0.2) is 5.69 Å². The molecule has 0 radical (unpaired) electrons. The van der Waals surface area contributed by atoms with Crippen molar-refractivity contribution in [2.75, 3.05) is 0 Å². The van der Waals surface area contributed by atoms with Crippen molar-refractivity contribution in [3.8, 4) is 11.3 Å². The molecule has 0 saturated carbocycles. The molecule has 5 aromatic rings. The average molecular weight is 422 g/mol. The highest BCUT2D eigenvalue weighted by molar-refractivity contribution is 5.94. The van der Waals surface area contributed by atoms with Gasteiger partial charge >= 0.3 is 0 Å². The number of hydrogen-bond donors (Lipinski definition) is 2. The van der Waals surface area contributed by atoms with Crippen molar-refractivity contribution in [1.82, 2.24) is 19.9 Å². The molecule has 1 amide bonds. The summed E-state index contributed by atoms with van der Waals surface area (Å²) in [4.78, 5) is 28.4. The van der Waals surface area contributed by atoms with Crippen molar-refractivity contribution < 1.29 is 4.79 Å². The highest BCUT2D eigenvalue weighted by Gasteiger charge is 2.16. The largest absolute Gasteiger partial charge is 0.344 e. The van der Waals surface area contributed by atoms with Crippen molar-refractivity contribution in [3.05, 3.63) is 106 Å². The van der Waals surface area contributed by atoms with Crippen molar-refractivity contribution in [2.45, 2.75) is 19.9 Å². The summed E-state index contributed by atoms with van der Waals surface area (Å²) < 4.78 is 1.47. The maximum Gasteiger partial charge on any atom is 0.274 e. The van der Waals surface area contributed by atoms with E-state index >= 15 is 0 Å². The van der Waals surface area contributed by atoms with Crippen LogP contribution < -0.4 is 10.9 Å². The molecule has 6 heteroatoms. The van der Waals surface area contributed by atoms with E-state index in [-0.39, 0.29) is 23.2 Å². The Kier molecular flexibility index (Phi) is 4.82. The zero-order valence-electron chi connectivity index (χ0n) is 17.8. The van der Waals surface area contributed by atoms with Crippen molar-refractivity contribution >= 4 is 22.2 Å². The third kappa shape index (κ3) is 3.67. The number of aromatic amines is 1. The van der Waals surface area contributed by atoms with Gasteiger partial charge in [-0.2, -0.15) is 5.10 Å². The Morgan fingerprint density at radius 3 is 2.53 bits per heavy atom. The lowest BCUT2D eigenvalue weighted by Gasteiger charge is -2.13. The van der Waals surface area contributed by atoms with E-state index in [1.54, 1.807) is 6.20 Å². The molecule has 0 aliphatic rings. The molecule has 32 heavy (non-hydrogen) atoms. The Balaban J connectivity index is 1.45. The van der Waals surface area contributed by atoms with Gasteiger partial charge in [0, 0.05) is 11.6 Å². The molecule has 5 rings (SSSR count). The van der Waals surface area contributed by atoms with E-state index in [2.05, 4.69) is 15.4 Å². The van der Waals surface area contributed by atoms with E-state index in [9.17, 15) is 9.59 Å². The van der Waals surface area contributed by atoms with Crippen molar-refractivity contribution in [2.24, 2.45) is 0 Å². The fourth-order valence-electron chi connectivity index (χ4n) is 3.83. The van der Waals surface area contributed by atoms with Gasteiger partial charge in [-0.1, -0.05) is 66.2 Å². The first-order chi connectivity index (χ1) is 15.5. The SMILES string of the molecule is Cc1ccc(C(C)NC(=O)c2cc3c(=O)[nH]c(-c4ccc5ccccc5c4)cn3n2)cc1. The number of aryl methyl sites for hydroxylation is 1. The third-order valence-corrected chi connectivity index (χ3v) is 5.69. The molecule has 0 saturated heterocycles. The number of carbonyl (C=O) groups excluding carboxylic acids is 1. The molecular formula is C26H22N4O2. The second kappa shape index (κ2) is 7.81. The number of nitrogens with zero attached hydrogens (tertiary/aromatic N) is 2. The van der Waals surface area contributed by atoms with Crippen LogP contribution in [0.15, 0.2) is 83.8 Å². The number of H-pyrrole nitrogens is 1. The molecular weight excluding hydrogens is 400 g/mol. The molecule has 0 spiro atoms. The third-order valence-electron chi connectivity index (χ3n) is 5.69. The van der Waals surface area contributed by atoms with Crippen molar-refractivity contribution in [3.63, 3.8) is 0 Å². The summed E-state index contributed by atoms with van der Waals surface area (Å²) in [5, 5.41) is 9.52. The van der Waals surface area contributed by atoms with Crippen LogP contribution in [0, 0.1) is 6.92 Å². The van der Waals surface area contributed by atoms with Gasteiger partial charge in [-0.05, 0) is 36.2 Å². The lowest BCUT2D eigenvalue weighted by molar-refractivity contribution is 0.0934. The first-order valence-electron chi connectivity index (χ1n) is 10.5. The predicted molar refractivity (Wildman–Crippen MR) is 126 cm³/mol. The molecule has 1 atom stereocenters. The van der Waals surface area contributed by atoms with E-state index in [1.807, 2.05) is 80.6 Å². The van der Waals surface area contributed by atoms with Crippen LogP contribution in [0.2, 0.25) is 0 Å². The predicted octanol–water partition coefficient (Wildman–Crippen LogP) is 4.64. The van der Waals surface area contributed by atoms with Gasteiger partial charge in [-0.25, -0.2) is 4.52 Å². The Bertz CT molecular complexity index is 1510. The summed E-state index contributed by atoms with van der Waals surface area (Å²) in [6.45, 7) is 3.94. The molecule has 0 aliphatic carbocycles. The molecule has 6 nitrogen and oxygen atoms in total. The Labute approximate surface area is 184 Å². The van der Waals surface area contributed by atoms with Crippen LogP contribution in [0.3, 0.4) is 0 Å². The minimum atomic E-state index is -0.326. The molecule has 158 valence electrons. The smallest absolute Gasteiger partial charge is 0.274 e. The van der Waals surface area contributed by atoms with Gasteiger partial charge in [0.2, 0.25) is 0 Å². The maximum absolute atomic E-state index is 12.8. The number of carbonyl (C=O) groups is 1. The molecule has 0 fully saturated rings. The molecule has 0 bridgehead atoms. The zero-order valence-corrected chi connectivity index (χ0v) is 17.8. The van der Waals surface area contributed by atoms with Crippen LogP contribution in [0.1, 0.15) is 34.6 Å². The molecule has 2 heterocycles. The van der Waals surface area contributed by atoms with Crippen LogP contribution in [0.5, 0.6) is 0 Å². The maximum atomic E-state index is 12.8. The van der Waals surface area contributed by atoms with Crippen LogP contribution in [-0.4, -0.2) is 20.5 Å². The number of rotatable bonds is 4. The van der Waals surface area contributed by atoms with Gasteiger partial charge in [0.1, 0.15) is 5.52 Å². The highest BCUT2D eigenvalue weighted by atomic mass is 16.2. The minimum absolute atomic E-state index is 0.181. The first kappa shape index (κ1) is 19.8. The number of nitrogens with one attached hydrogen (secondary N) is 2. The van der Waals surface area contributed by atoms with E-state index in [0.29, 0.717) is 11.2 Å². The summed E-state index contributed by atoms with van der Waals surface area (Å²) in [7, 11) is 0. The fraction of sp³-hybridized carbons (Fsp3) is 0.115. The second-order valence-corrected chi connectivity index (χ2v) is 8.02. The zero-order chi connectivity index (χ0) is 22.2. The standard InChI is InChI=1S/C26H22N4O2/c1-16-7-9-18(10-8-16)17(2)27-25(31)22-14-24-26(32)28-23(15-30(24)29-22)21-12-11-19-5-3-4-6-20(19)13-21/h3-15,17H,1-2H3,(H,27,31)(H,28,32).